The van der Waals surface area contributed by atoms with Crippen LogP contribution >= 0.6 is 23.2 Å². The molecule has 2 aromatic heterocycles. The van der Waals surface area contributed by atoms with Gasteiger partial charge in [-0.05, 0) is 42.7 Å². The fourth-order valence-electron chi connectivity index (χ4n) is 4.36. The molecule has 2 aliphatic rings. The molecule has 1 aliphatic heterocycles. The lowest BCUT2D eigenvalue weighted by atomic mass is 9.56. The molecule has 126 valence electrons. The topological polar surface area (TPSA) is 29.0 Å². The van der Waals surface area contributed by atoms with Crippen LogP contribution in [0, 0.1) is 5.41 Å². The summed E-state index contributed by atoms with van der Waals surface area (Å²) in [5.74, 6) is 0.961. The Morgan fingerprint density at radius 1 is 1.08 bits per heavy atom. The van der Waals surface area contributed by atoms with Crippen molar-refractivity contribution >= 4 is 39.9 Å². The highest BCUT2D eigenvalue weighted by atomic mass is 35.5. The van der Waals surface area contributed by atoms with E-state index in [1.807, 2.05) is 30.6 Å². The van der Waals surface area contributed by atoms with Crippen molar-refractivity contribution in [3.63, 3.8) is 0 Å². The first kappa shape index (κ1) is 15.4. The van der Waals surface area contributed by atoms with E-state index in [9.17, 15) is 0 Å². The molecule has 3 nitrogen and oxygen atoms in total. The summed E-state index contributed by atoms with van der Waals surface area (Å²) < 4.78 is 0. The molecule has 0 N–H and O–H groups in total. The molecule has 3 aromatic rings. The first-order chi connectivity index (χ1) is 12.2. The van der Waals surface area contributed by atoms with Gasteiger partial charge in [-0.2, -0.15) is 0 Å². The van der Waals surface area contributed by atoms with Crippen molar-refractivity contribution in [3.8, 4) is 0 Å². The van der Waals surface area contributed by atoms with Crippen molar-refractivity contribution in [1.29, 1.82) is 0 Å². The minimum atomic E-state index is 0.345. The van der Waals surface area contributed by atoms with Gasteiger partial charge in [0.15, 0.2) is 0 Å². The molecular weight excluding hydrogens is 353 g/mol. The van der Waals surface area contributed by atoms with Crippen LogP contribution in [-0.2, 0) is 0 Å². The quantitative estimate of drug-likeness (QED) is 0.582. The number of hydrogen-bond donors (Lipinski definition) is 0. The molecular formula is C20H17Cl2N3. The van der Waals surface area contributed by atoms with Crippen molar-refractivity contribution in [2.75, 3.05) is 11.4 Å². The molecule has 5 rings (SSSR count). The maximum Gasteiger partial charge on any atom is 0.129 e. The zero-order valence-electron chi connectivity index (χ0n) is 13.6. The molecule has 1 unspecified atom stereocenters. The predicted molar refractivity (Wildman–Crippen MR) is 102 cm³/mol. The van der Waals surface area contributed by atoms with E-state index in [4.69, 9.17) is 28.2 Å². The Kier molecular flexibility index (Phi) is 3.44. The van der Waals surface area contributed by atoms with E-state index in [0.29, 0.717) is 21.5 Å². The highest BCUT2D eigenvalue weighted by Crippen LogP contribution is 2.61. The largest absolute Gasteiger partial charge is 0.348 e. The monoisotopic (exact) mass is 369 g/mol. The van der Waals surface area contributed by atoms with Crippen LogP contribution in [0.2, 0.25) is 10.0 Å². The Hall–Kier alpha value is -1.84. The van der Waals surface area contributed by atoms with Gasteiger partial charge in [-0.25, -0.2) is 4.98 Å². The van der Waals surface area contributed by atoms with E-state index in [2.05, 4.69) is 28.1 Å². The zero-order valence-corrected chi connectivity index (χ0v) is 15.1. The third-order valence-corrected chi connectivity index (χ3v) is 6.55. The Morgan fingerprint density at radius 2 is 1.92 bits per heavy atom. The van der Waals surface area contributed by atoms with Crippen LogP contribution in [0.5, 0.6) is 0 Å². The van der Waals surface area contributed by atoms with Gasteiger partial charge in [0.25, 0.3) is 0 Å². The summed E-state index contributed by atoms with van der Waals surface area (Å²) in [5, 5.41) is 2.08. The average molecular weight is 370 g/mol. The van der Waals surface area contributed by atoms with Gasteiger partial charge >= 0.3 is 0 Å². The Labute approximate surface area is 156 Å². The number of benzene rings is 1. The van der Waals surface area contributed by atoms with Crippen LogP contribution in [-0.4, -0.2) is 16.5 Å². The molecule has 1 saturated heterocycles. The molecule has 1 spiro atoms. The summed E-state index contributed by atoms with van der Waals surface area (Å²) in [7, 11) is 0. The number of aromatic nitrogens is 2. The van der Waals surface area contributed by atoms with Crippen LogP contribution in [0.4, 0.5) is 5.82 Å². The van der Waals surface area contributed by atoms with Crippen molar-refractivity contribution in [2.24, 2.45) is 5.41 Å². The van der Waals surface area contributed by atoms with Crippen molar-refractivity contribution in [2.45, 2.75) is 25.3 Å². The molecule has 1 aliphatic carbocycles. The second-order valence-corrected chi connectivity index (χ2v) is 7.92. The van der Waals surface area contributed by atoms with Crippen LogP contribution in [0.15, 0.2) is 48.8 Å². The lowest BCUT2D eigenvalue weighted by Gasteiger charge is -2.63. The van der Waals surface area contributed by atoms with Crippen LogP contribution < -0.4 is 4.90 Å². The molecule has 3 heterocycles. The van der Waals surface area contributed by atoms with E-state index in [1.54, 1.807) is 0 Å². The first-order valence-electron chi connectivity index (χ1n) is 8.59. The Bertz CT molecular complexity index is 954. The van der Waals surface area contributed by atoms with Crippen molar-refractivity contribution in [3.05, 3.63) is 64.4 Å². The summed E-state index contributed by atoms with van der Waals surface area (Å²) in [5.41, 5.74) is 2.43. The SMILES string of the molecule is Clc1ccc2ccc(N3CC4(CCC4)C3c3cccnc3)nc2c1Cl. The Balaban J connectivity index is 1.58. The van der Waals surface area contributed by atoms with E-state index in [0.717, 1.165) is 23.3 Å². The molecule has 0 bridgehead atoms. The van der Waals surface area contributed by atoms with Gasteiger partial charge in [-0.1, -0.05) is 41.8 Å². The second kappa shape index (κ2) is 5.58. The zero-order chi connectivity index (χ0) is 17.0. The fraction of sp³-hybridized carbons (Fsp3) is 0.300. The molecule has 0 amide bonds. The minimum absolute atomic E-state index is 0.345. The van der Waals surface area contributed by atoms with E-state index >= 15 is 0 Å². The summed E-state index contributed by atoms with van der Waals surface area (Å²) in [6.45, 7) is 1.04. The molecule has 1 saturated carbocycles. The normalized spacial score (nSPS) is 21.2. The number of anilines is 1. The molecule has 2 fully saturated rings. The third kappa shape index (κ3) is 2.26. The highest BCUT2D eigenvalue weighted by Gasteiger charge is 2.56. The van der Waals surface area contributed by atoms with Crippen LogP contribution in [0.1, 0.15) is 30.9 Å². The van der Waals surface area contributed by atoms with Gasteiger partial charge in [-0.3, -0.25) is 4.98 Å². The lowest BCUT2D eigenvalue weighted by Crippen LogP contribution is -2.62. The summed E-state index contributed by atoms with van der Waals surface area (Å²) in [4.78, 5) is 11.6. The first-order valence-corrected chi connectivity index (χ1v) is 9.35. The van der Waals surface area contributed by atoms with Gasteiger partial charge in [0.1, 0.15) is 5.82 Å². The van der Waals surface area contributed by atoms with E-state index in [1.165, 1.54) is 24.8 Å². The number of rotatable bonds is 2. The summed E-state index contributed by atoms with van der Waals surface area (Å²) >= 11 is 12.6. The predicted octanol–water partition coefficient (Wildman–Crippen LogP) is 5.67. The smallest absolute Gasteiger partial charge is 0.129 e. The third-order valence-electron chi connectivity index (χ3n) is 5.76. The summed E-state index contributed by atoms with van der Waals surface area (Å²) in [6.07, 6.45) is 7.70. The molecule has 1 aromatic carbocycles. The second-order valence-electron chi connectivity index (χ2n) is 7.14. The average Bonchev–Trinajstić information content (AvgIpc) is 2.57. The molecule has 1 atom stereocenters. The lowest BCUT2D eigenvalue weighted by molar-refractivity contribution is 0.0276. The number of hydrogen-bond acceptors (Lipinski definition) is 3. The maximum atomic E-state index is 6.39. The standard InChI is InChI=1S/C20H17Cl2N3/c21-15-6-4-13-5-7-16(24-18(13)17(15)22)25-12-20(8-2-9-20)19(25)14-3-1-10-23-11-14/h1,3-7,10-11,19H,2,8-9,12H2. The van der Waals surface area contributed by atoms with E-state index < -0.39 is 0 Å². The Morgan fingerprint density at radius 3 is 2.64 bits per heavy atom. The van der Waals surface area contributed by atoms with E-state index in [-0.39, 0.29) is 0 Å². The van der Waals surface area contributed by atoms with Crippen LogP contribution in [0.25, 0.3) is 10.9 Å². The van der Waals surface area contributed by atoms with Gasteiger partial charge < -0.3 is 4.90 Å². The molecule has 0 radical (unpaired) electrons. The van der Waals surface area contributed by atoms with Crippen LogP contribution in [0.3, 0.4) is 0 Å². The molecule has 25 heavy (non-hydrogen) atoms. The van der Waals surface area contributed by atoms with Gasteiger partial charge in [-0.15, -0.1) is 0 Å². The van der Waals surface area contributed by atoms with Gasteiger partial charge in [0.2, 0.25) is 0 Å². The summed E-state index contributed by atoms with van der Waals surface area (Å²) in [6, 6.07) is 12.5. The number of nitrogens with zero attached hydrogens (tertiary/aromatic N) is 3. The van der Waals surface area contributed by atoms with Gasteiger partial charge in [0, 0.05) is 29.7 Å². The fourth-order valence-corrected chi connectivity index (χ4v) is 4.73. The minimum Gasteiger partial charge on any atom is -0.348 e. The highest BCUT2D eigenvalue weighted by molar-refractivity contribution is 6.45. The number of fused-ring (bicyclic) bond motifs is 1. The molecule has 5 heteroatoms. The maximum absolute atomic E-state index is 6.39. The van der Waals surface area contributed by atoms with Crippen molar-refractivity contribution < 1.29 is 0 Å². The number of pyridine rings is 2. The van der Waals surface area contributed by atoms with Crippen molar-refractivity contribution in [1.82, 2.24) is 9.97 Å². The number of halogens is 2. The van der Waals surface area contributed by atoms with Gasteiger partial charge in [0.05, 0.1) is 21.6 Å².